The second kappa shape index (κ2) is 20.3. The molecule has 18 heteroatoms. The van der Waals surface area contributed by atoms with Crippen molar-refractivity contribution in [3.05, 3.63) is 30.1 Å². The van der Waals surface area contributed by atoms with Gasteiger partial charge in [-0.1, -0.05) is 31.1 Å². The zero-order valence-corrected chi connectivity index (χ0v) is 37.2. The molecule has 0 radical (unpaired) electrons. The number of carbonyl (C=O) groups is 3. The predicted octanol–water partition coefficient (Wildman–Crippen LogP) is 3.93. The number of hydrogen-bond donors (Lipinski definition) is 2. The molecule has 18 nitrogen and oxygen atoms in total. The number of nitrogens with zero attached hydrogens (tertiary/aromatic N) is 5. The molecule has 0 unspecified atom stereocenters. The van der Waals surface area contributed by atoms with Crippen molar-refractivity contribution >= 4 is 29.1 Å². The first kappa shape index (κ1) is 47.9. The fourth-order valence-corrected chi connectivity index (χ4v) is 8.37. The summed E-state index contributed by atoms with van der Waals surface area (Å²) in [6.07, 6.45) is -5.29. The quantitative estimate of drug-likeness (QED) is 0.207. The minimum absolute atomic E-state index is 0.0505. The van der Waals surface area contributed by atoms with Gasteiger partial charge in [-0.05, 0) is 91.2 Å². The number of carbonyl (C=O) groups excluding carboxylic acids is 3. The second-order valence-electron chi connectivity index (χ2n) is 17.1. The number of oxime groups is 1. The summed E-state index contributed by atoms with van der Waals surface area (Å²) in [7, 11) is 5.28. The summed E-state index contributed by atoms with van der Waals surface area (Å²) in [5.74, 6) is -3.54. The summed E-state index contributed by atoms with van der Waals surface area (Å²) in [6, 6.07) is 6.77. The minimum Gasteiger partial charge on any atom is -0.497 e. The van der Waals surface area contributed by atoms with Gasteiger partial charge >= 0.3 is 5.97 Å². The Morgan fingerprint density at radius 1 is 1.08 bits per heavy atom. The van der Waals surface area contributed by atoms with Crippen molar-refractivity contribution in [2.75, 3.05) is 34.4 Å². The first-order chi connectivity index (χ1) is 28.8. The zero-order valence-electron chi connectivity index (χ0n) is 37.2. The second-order valence-corrected chi connectivity index (χ2v) is 17.1. The lowest BCUT2D eigenvalue weighted by Crippen LogP contribution is -2.59. The topological polar surface area (TPSA) is 223 Å². The molecule has 61 heavy (non-hydrogen) atoms. The van der Waals surface area contributed by atoms with Crippen LogP contribution in [0, 0.1) is 17.8 Å². The van der Waals surface area contributed by atoms with Crippen molar-refractivity contribution in [3.63, 3.8) is 0 Å². The first-order valence-corrected chi connectivity index (χ1v) is 20.9. The van der Waals surface area contributed by atoms with Crippen molar-refractivity contribution in [2.24, 2.45) is 27.9 Å². The Balaban J connectivity index is 1.59. The van der Waals surface area contributed by atoms with Crippen LogP contribution in [0.2, 0.25) is 0 Å². The number of rotatable bonds is 9. The number of likely N-dealkylation sites (N-methyl/N-ethyl adjacent to an activating group) is 1. The van der Waals surface area contributed by atoms with Gasteiger partial charge < -0.3 is 52.9 Å². The molecular weight excluding hydrogens is 794 g/mol. The number of methoxy groups -OCH3 is 1. The van der Waals surface area contributed by atoms with Gasteiger partial charge in [0.1, 0.15) is 35.2 Å². The van der Waals surface area contributed by atoms with Gasteiger partial charge in [0.15, 0.2) is 18.7 Å². The Morgan fingerprint density at radius 2 is 1.79 bits per heavy atom. The van der Waals surface area contributed by atoms with Gasteiger partial charge in [0, 0.05) is 36.6 Å². The van der Waals surface area contributed by atoms with Gasteiger partial charge in [-0.15, -0.1) is 0 Å². The molecule has 12 atom stereocenters. The maximum atomic E-state index is 14.5. The molecule has 3 saturated heterocycles. The average molecular weight is 858 g/mol. The van der Waals surface area contributed by atoms with Crippen LogP contribution in [-0.2, 0) is 49.5 Å². The normalized spacial score (nSPS) is 35.9. The minimum atomic E-state index is -1.85. The molecular formula is C43H63N5O13. The maximum absolute atomic E-state index is 14.5. The number of fused-ring (bicyclic) bond motifs is 5. The summed E-state index contributed by atoms with van der Waals surface area (Å²) in [5.41, 5.74) is -1.99. The highest BCUT2D eigenvalue weighted by atomic mass is 16.7. The molecule has 3 aliphatic rings. The highest BCUT2D eigenvalue weighted by Gasteiger charge is 2.51. The average Bonchev–Trinajstić information content (AvgIpc) is 3.69. The Labute approximate surface area is 357 Å². The highest BCUT2D eigenvalue weighted by Crippen LogP contribution is 2.39. The predicted molar refractivity (Wildman–Crippen MR) is 221 cm³/mol. The third-order valence-corrected chi connectivity index (χ3v) is 12.0. The van der Waals surface area contributed by atoms with E-state index < -0.39 is 77.3 Å². The number of aliphatic hydroxyl groups excluding tert-OH is 1. The van der Waals surface area contributed by atoms with Crippen molar-refractivity contribution in [3.8, 4) is 17.2 Å². The summed E-state index contributed by atoms with van der Waals surface area (Å²) in [5, 5.41) is 32.3. The van der Waals surface area contributed by atoms with Gasteiger partial charge in [0.2, 0.25) is 11.7 Å². The molecule has 0 saturated carbocycles. The van der Waals surface area contributed by atoms with Crippen molar-refractivity contribution in [2.45, 2.75) is 142 Å². The van der Waals surface area contributed by atoms with Gasteiger partial charge in [0.05, 0.1) is 44.2 Å². The molecule has 0 spiro atoms. The van der Waals surface area contributed by atoms with Crippen LogP contribution in [0.5, 0.6) is 5.75 Å². The summed E-state index contributed by atoms with van der Waals surface area (Å²) >= 11 is 0. The Bertz CT molecular complexity index is 1880. The Morgan fingerprint density at radius 3 is 2.43 bits per heavy atom. The number of ether oxygens (including phenoxy) is 6. The van der Waals surface area contributed by atoms with Gasteiger partial charge in [-0.25, -0.2) is 4.99 Å². The number of benzene rings is 1. The smallest absolute Gasteiger partial charge is 0.316 e. The summed E-state index contributed by atoms with van der Waals surface area (Å²) in [6.45, 7) is 12.5. The van der Waals surface area contributed by atoms with Crippen LogP contribution in [-0.4, -0.2) is 143 Å². The fourth-order valence-electron chi connectivity index (χ4n) is 8.37. The SMILES string of the molecule is CC[C@H]1OC(=O)[C@H](C)C(=O)[C@H](C)[C@@H](O[C@@H]2O[C@H](C)C[C@H](N(C)C)[C@H]2O)[C@@]2(C)C[C@@H](C)C(=NC(C)=O)C[C@@H](OC/C(=N/OCc3noc(-c4ccc(OC)cc4)n3)CO2)[C@]1(C)O. The maximum Gasteiger partial charge on any atom is 0.316 e. The molecule has 1 aromatic carbocycles. The number of ketones is 1. The molecule has 0 aliphatic carbocycles. The van der Waals surface area contributed by atoms with E-state index in [1.54, 1.807) is 52.1 Å². The number of cyclic esters (lactones) is 1. The highest BCUT2D eigenvalue weighted by molar-refractivity contribution is 6.00. The lowest BCUT2D eigenvalue weighted by atomic mass is 9.76. The fraction of sp³-hybridized carbons (Fsp3) is 0.698. The van der Waals surface area contributed by atoms with E-state index in [0.29, 0.717) is 23.4 Å². The molecule has 2 bridgehead atoms. The van der Waals surface area contributed by atoms with Crippen LogP contribution >= 0.6 is 0 Å². The van der Waals surface area contributed by atoms with Crippen LogP contribution in [0.3, 0.4) is 0 Å². The van der Waals surface area contributed by atoms with E-state index in [4.69, 9.17) is 37.8 Å². The number of Topliss-reactive ketones (excluding diaryl/α,β-unsaturated/α-hetero) is 1. The first-order valence-electron chi connectivity index (χ1n) is 20.9. The molecule has 5 rings (SSSR count). The van der Waals surface area contributed by atoms with E-state index in [1.807, 2.05) is 32.8 Å². The molecule has 338 valence electrons. The standard InChI is InChI=1S/C43H63N5O13/c1-12-33-43(8,53)34-18-31(44-27(6)49)23(2)19-42(7,38(25(4)36(50)26(5)40(52)59-33)60-41-37(51)32(48(9)10)17-24(3)58-41)56-21-29(20-55-34)46-57-22-35-45-39(61-47-35)28-13-15-30(54-11)16-14-28/h13-16,23-26,32-34,37-38,41,51,53H,12,17-22H2,1-11H3/b44-31?,46-29-/t23-,24-,25+,26-,32+,33-,34-,37-,38-,41+,42-,43-/m1/s1. The van der Waals surface area contributed by atoms with Crippen LogP contribution in [0.1, 0.15) is 86.9 Å². The van der Waals surface area contributed by atoms with Crippen LogP contribution in [0.25, 0.3) is 11.5 Å². The van der Waals surface area contributed by atoms with E-state index in [9.17, 15) is 24.6 Å². The van der Waals surface area contributed by atoms with Gasteiger partial charge in [0.25, 0.3) is 5.89 Å². The molecule has 3 fully saturated rings. The van der Waals surface area contributed by atoms with Crippen LogP contribution in [0.4, 0.5) is 0 Å². The van der Waals surface area contributed by atoms with E-state index in [0.717, 1.165) is 0 Å². The number of aliphatic imine (C=N–C) groups is 1. The third-order valence-electron chi connectivity index (χ3n) is 12.0. The molecule has 3 aliphatic heterocycles. The number of aliphatic hydroxyl groups is 2. The number of esters is 1. The van der Waals surface area contributed by atoms with Crippen LogP contribution in [0.15, 0.2) is 38.9 Å². The van der Waals surface area contributed by atoms with Crippen molar-refractivity contribution in [1.29, 1.82) is 0 Å². The molecule has 1 amide bonds. The van der Waals surface area contributed by atoms with E-state index >= 15 is 0 Å². The van der Waals surface area contributed by atoms with E-state index in [-0.39, 0.29) is 68.7 Å². The summed E-state index contributed by atoms with van der Waals surface area (Å²) in [4.78, 5) is 57.5. The van der Waals surface area contributed by atoms with E-state index in [1.165, 1.54) is 20.8 Å². The Hall–Kier alpha value is -4.17. The van der Waals surface area contributed by atoms with Gasteiger partial charge in [-0.3, -0.25) is 14.4 Å². The summed E-state index contributed by atoms with van der Waals surface area (Å²) < 4.78 is 42.9. The van der Waals surface area contributed by atoms with Crippen molar-refractivity contribution in [1.82, 2.24) is 15.0 Å². The number of amides is 1. The van der Waals surface area contributed by atoms with Crippen LogP contribution < -0.4 is 4.74 Å². The Kier molecular flexibility index (Phi) is 16.0. The van der Waals surface area contributed by atoms with Gasteiger partial charge in [-0.2, -0.15) is 4.98 Å². The zero-order chi connectivity index (χ0) is 44.8. The largest absolute Gasteiger partial charge is 0.497 e. The lowest BCUT2D eigenvalue weighted by Gasteiger charge is -2.47. The molecule has 1 aromatic heterocycles. The number of hydrogen-bond acceptors (Lipinski definition) is 17. The third kappa shape index (κ3) is 11.5. The molecule has 2 aromatic rings. The lowest BCUT2D eigenvalue weighted by molar-refractivity contribution is -0.296. The molecule has 4 heterocycles. The molecule has 2 N–H and O–H groups in total. The monoisotopic (exact) mass is 857 g/mol. The van der Waals surface area contributed by atoms with Crippen molar-refractivity contribution < 1.29 is 62.4 Å². The number of aromatic nitrogens is 2. The van der Waals surface area contributed by atoms with E-state index in [2.05, 4.69) is 20.3 Å².